The maximum Gasteiger partial charge on any atom is 0.194 e. The zero-order valence-electron chi connectivity index (χ0n) is 12.3. The Morgan fingerprint density at radius 1 is 1.23 bits per heavy atom. The fourth-order valence-corrected chi connectivity index (χ4v) is 2.66. The van der Waals surface area contributed by atoms with Gasteiger partial charge >= 0.3 is 0 Å². The molecule has 0 amide bonds. The number of aryl methyl sites for hydroxylation is 1. The molecule has 4 heteroatoms. The van der Waals surface area contributed by atoms with Crippen LogP contribution in [0.25, 0.3) is 0 Å². The number of hydrogen-bond donors (Lipinski definition) is 0. The maximum absolute atomic E-state index is 12.5. The molecule has 2 aromatic rings. The van der Waals surface area contributed by atoms with E-state index >= 15 is 0 Å². The molecule has 0 aliphatic carbocycles. The minimum Gasteiger partial charge on any atom is -0.488 e. The summed E-state index contributed by atoms with van der Waals surface area (Å²) in [6.07, 6.45) is 1.01. The van der Waals surface area contributed by atoms with Gasteiger partial charge in [0.2, 0.25) is 0 Å². The average Bonchev–Trinajstić information content (AvgIpc) is 3.03. The van der Waals surface area contributed by atoms with Gasteiger partial charge in [-0.1, -0.05) is 23.2 Å². The Bertz CT molecular complexity index is 673. The first kappa shape index (κ1) is 15.1. The average molecular weight is 317 g/mol. The van der Waals surface area contributed by atoms with Gasteiger partial charge in [-0.05, 0) is 43.3 Å². The SMILES string of the molecule is Cc1ccc(Cl)c(C(=O)c2ccc(O[C@H]3CCOC3)cc2)c1. The van der Waals surface area contributed by atoms with Gasteiger partial charge in [0.15, 0.2) is 5.78 Å². The summed E-state index contributed by atoms with van der Waals surface area (Å²) in [6.45, 7) is 3.31. The van der Waals surface area contributed by atoms with E-state index in [-0.39, 0.29) is 11.9 Å². The quantitative estimate of drug-likeness (QED) is 0.798. The van der Waals surface area contributed by atoms with Crippen molar-refractivity contribution in [2.45, 2.75) is 19.4 Å². The second kappa shape index (κ2) is 6.51. The van der Waals surface area contributed by atoms with Crippen molar-refractivity contribution in [1.29, 1.82) is 0 Å². The van der Waals surface area contributed by atoms with Crippen LogP contribution >= 0.6 is 11.6 Å². The van der Waals surface area contributed by atoms with Crippen molar-refractivity contribution in [3.8, 4) is 5.75 Å². The number of carbonyl (C=O) groups is 1. The van der Waals surface area contributed by atoms with E-state index in [4.69, 9.17) is 21.1 Å². The normalized spacial score (nSPS) is 17.5. The topological polar surface area (TPSA) is 35.5 Å². The Morgan fingerprint density at radius 2 is 2.00 bits per heavy atom. The fourth-order valence-electron chi connectivity index (χ4n) is 2.45. The Hall–Kier alpha value is -1.84. The van der Waals surface area contributed by atoms with Crippen LogP contribution in [-0.2, 0) is 4.74 Å². The van der Waals surface area contributed by atoms with E-state index in [1.165, 1.54) is 0 Å². The molecule has 114 valence electrons. The standard InChI is InChI=1S/C18H17ClO3/c1-12-2-7-17(19)16(10-12)18(20)13-3-5-14(6-4-13)22-15-8-9-21-11-15/h2-7,10,15H,8-9,11H2,1H3/t15-/m0/s1. The third kappa shape index (κ3) is 3.32. The van der Waals surface area contributed by atoms with Crippen molar-refractivity contribution in [1.82, 2.24) is 0 Å². The molecule has 2 aromatic carbocycles. The van der Waals surface area contributed by atoms with Gasteiger partial charge in [-0.2, -0.15) is 0 Å². The van der Waals surface area contributed by atoms with Gasteiger partial charge in [0.05, 0.1) is 18.2 Å². The Balaban J connectivity index is 1.77. The monoisotopic (exact) mass is 316 g/mol. The molecule has 0 radical (unpaired) electrons. The predicted molar refractivity (Wildman–Crippen MR) is 85.9 cm³/mol. The molecule has 22 heavy (non-hydrogen) atoms. The molecule has 3 rings (SSSR count). The summed E-state index contributed by atoms with van der Waals surface area (Å²) in [7, 11) is 0. The summed E-state index contributed by atoms with van der Waals surface area (Å²) >= 11 is 6.13. The first-order valence-electron chi connectivity index (χ1n) is 7.29. The first-order valence-corrected chi connectivity index (χ1v) is 7.66. The molecular formula is C18H17ClO3. The predicted octanol–water partition coefficient (Wildman–Crippen LogP) is 4.05. The molecule has 1 aliphatic heterocycles. The number of ether oxygens (including phenoxy) is 2. The molecule has 0 saturated carbocycles. The minimum atomic E-state index is -0.0792. The van der Waals surface area contributed by atoms with Gasteiger partial charge < -0.3 is 9.47 Å². The van der Waals surface area contributed by atoms with E-state index in [0.717, 1.165) is 24.3 Å². The smallest absolute Gasteiger partial charge is 0.194 e. The third-order valence-corrected chi connectivity index (χ3v) is 4.00. The Morgan fingerprint density at radius 3 is 2.68 bits per heavy atom. The summed E-state index contributed by atoms with van der Waals surface area (Å²) < 4.78 is 11.1. The van der Waals surface area contributed by atoms with Crippen LogP contribution in [0.3, 0.4) is 0 Å². The van der Waals surface area contributed by atoms with E-state index in [1.807, 2.05) is 31.2 Å². The van der Waals surface area contributed by atoms with Crippen LogP contribution in [0.15, 0.2) is 42.5 Å². The number of halogens is 1. The van der Waals surface area contributed by atoms with E-state index in [9.17, 15) is 4.79 Å². The fraction of sp³-hybridized carbons (Fsp3) is 0.278. The van der Waals surface area contributed by atoms with Crippen LogP contribution in [0.4, 0.5) is 0 Å². The van der Waals surface area contributed by atoms with E-state index in [0.29, 0.717) is 22.8 Å². The van der Waals surface area contributed by atoms with Gasteiger partial charge in [0, 0.05) is 17.5 Å². The highest BCUT2D eigenvalue weighted by molar-refractivity contribution is 6.35. The van der Waals surface area contributed by atoms with Crippen LogP contribution in [-0.4, -0.2) is 25.1 Å². The van der Waals surface area contributed by atoms with Crippen LogP contribution in [0.5, 0.6) is 5.75 Å². The molecule has 3 nitrogen and oxygen atoms in total. The number of carbonyl (C=O) groups excluding carboxylic acids is 1. The highest BCUT2D eigenvalue weighted by Gasteiger charge is 2.18. The lowest BCUT2D eigenvalue weighted by molar-refractivity contribution is 0.103. The maximum atomic E-state index is 12.5. The zero-order valence-corrected chi connectivity index (χ0v) is 13.1. The van der Waals surface area contributed by atoms with E-state index in [1.54, 1.807) is 18.2 Å². The molecule has 0 bridgehead atoms. The number of benzene rings is 2. The lowest BCUT2D eigenvalue weighted by atomic mass is 10.0. The molecule has 0 N–H and O–H groups in total. The second-order valence-corrected chi connectivity index (χ2v) is 5.85. The van der Waals surface area contributed by atoms with Crippen LogP contribution in [0, 0.1) is 6.92 Å². The molecule has 0 unspecified atom stereocenters. The summed E-state index contributed by atoms with van der Waals surface area (Å²) in [5.41, 5.74) is 2.14. The van der Waals surface area contributed by atoms with E-state index < -0.39 is 0 Å². The van der Waals surface area contributed by atoms with Crippen LogP contribution in [0.2, 0.25) is 5.02 Å². The Kier molecular flexibility index (Phi) is 4.46. The lowest BCUT2D eigenvalue weighted by Crippen LogP contribution is -2.15. The minimum absolute atomic E-state index is 0.0792. The van der Waals surface area contributed by atoms with Crippen molar-refractivity contribution in [3.63, 3.8) is 0 Å². The molecule has 1 atom stereocenters. The molecule has 1 fully saturated rings. The summed E-state index contributed by atoms with van der Waals surface area (Å²) in [4.78, 5) is 12.5. The lowest BCUT2D eigenvalue weighted by Gasteiger charge is -2.12. The van der Waals surface area contributed by atoms with Crippen molar-refractivity contribution in [3.05, 3.63) is 64.2 Å². The highest BCUT2D eigenvalue weighted by Crippen LogP contribution is 2.23. The molecule has 0 spiro atoms. The van der Waals surface area contributed by atoms with Crippen molar-refractivity contribution in [2.24, 2.45) is 0 Å². The Labute approximate surface area is 134 Å². The van der Waals surface area contributed by atoms with Gasteiger partial charge in [0.25, 0.3) is 0 Å². The van der Waals surface area contributed by atoms with Crippen molar-refractivity contribution in [2.75, 3.05) is 13.2 Å². The van der Waals surface area contributed by atoms with Crippen LogP contribution in [0.1, 0.15) is 27.9 Å². The third-order valence-electron chi connectivity index (χ3n) is 3.67. The zero-order chi connectivity index (χ0) is 15.5. The van der Waals surface area contributed by atoms with Crippen LogP contribution < -0.4 is 4.74 Å². The number of ketones is 1. The van der Waals surface area contributed by atoms with Gasteiger partial charge in [-0.15, -0.1) is 0 Å². The van der Waals surface area contributed by atoms with Gasteiger partial charge in [-0.3, -0.25) is 4.79 Å². The summed E-state index contributed by atoms with van der Waals surface area (Å²) in [6, 6.07) is 12.6. The molecular weight excluding hydrogens is 300 g/mol. The van der Waals surface area contributed by atoms with Gasteiger partial charge in [0.1, 0.15) is 11.9 Å². The molecule has 0 aromatic heterocycles. The summed E-state index contributed by atoms with van der Waals surface area (Å²) in [5.74, 6) is 0.673. The largest absolute Gasteiger partial charge is 0.488 e. The second-order valence-electron chi connectivity index (χ2n) is 5.44. The first-order chi connectivity index (χ1) is 10.6. The molecule has 1 aliphatic rings. The van der Waals surface area contributed by atoms with Crippen molar-refractivity contribution >= 4 is 17.4 Å². The summed E-state index contributed by atoms with van der Waals surface area (Å²) in [5, 5.41) is 0.471. The van der Waals surface area contributed by atoms with E-state index in [2.05, 4.69) is 0 Å². The molecule has 1 saturated heterocycles. The van der Waals surface area contributed by atoms with Crippen molar-refractivity contribution < 1.29 is 14.3 Å². The highest BCUT2D eigenvalue weighted by atomic mass is 35.5. The van der Waals surface area contributed by atoms with Gasteiger partial charge in [-0.25, -0.2) is 0 Å². The molecule has 1 heterocycles. The number of rotatable bonds is 4. The number of hydrogen-bond acceptors (Lipinski definition) is 3.